The molecule has 2 fully saturated rings. The molecule has 0 radical (unpaired) electrons. The molecule has 2 aliphatic heterocycles. The molecule has 0 aromatic carbocycles. The minimum atomic E-state index is -3.11. The van der Waals surface area contributed by atoms with Crippen LogP contribution in [0.25, 0.3) is 0 Å². The Hall–Kier alpha value is -1.69. The van der Waals surface area contributed by atoms with E-state index in [0.29, 0.717) is 25.3 Å². The highest BCUT2D eigenvalue weighted by Gasteiger charge is 2.40. The highest BCUT2D eigenvalue weighted by atomic mass is 32.2. The van der Waals surface area contributed by atoms with E-state index in [1.54, 1.807) is 7.05 Å². The van der Waals surface area contributed by atoms with E-state index in [-0.39, 0.29) is 11.2 Å². The van der Waals surface area contributed by atoms with Gasteiger partial charge in [0.2, 0.25) is 10.0 Å². The molecule has 1 saturated heterocycles. The van der Waals surface area contributed by atoms with Gasteiger partial charge in [-0.05, 0) is 18.9 Å². The molecule has 0 unspecified atom stereocenters. The molecule has 1 aromatic rings. The predicted molar refractivity (Wildman–Crippen MR) is 92.6 cm³/mol. The molecule has 3 heterocycles. The van der Waals surface area contributed by atoms with Crippen LogP contribution in [0.15, 0.2) is 6.07 Å². The molecule has 0 spiro atoms. The molecule has 7 nitrogen and oxygen atoms in total. The zero-order chi connectivity index (χ0) is 17.6. The van der Waals surface area contributed by atoms with Crippen LogP contribution in [-0.4, -0.2) is 56.2 Å². The number of nitrogens with zero attached hydrogens (tertiary/aromatic N) is 4. The third kappa shape index (κ3) is 3.12. The van der Waals surface area contributed by atoms with E-state index >= 15 is 0 Å². The average molecular weight is 362 g/mol. The van der Waals surface area contributed by atoms with Crippen molar-refractivity contribution in [2.45, 2.75) is 31.1 Å². The first-order chi connectivity index (χ1) is 12.0. The van der Waals surface area contributed by atoms with Crippen LogP contribution in [0.5, 0.6) is 0 Å². The lowest BCUT2D eigenvalue weighted by molar-refractivity contribution is 0.109. The molecule has 0 atom stereocenters. The summed E-state index contributed by atoms with van der Waals surface area (Å²) in [6, 6.07) is 4.11. The van der Waals surface area contributed by atoms with Crippen LogP contribution in [0.2, 0.25) is 0 Å². The van der Waals surface area contributed by atoms with Gasteiger partial charge in [0.25, 0.3) is 0 Å². The molecule has 25 heavy (non-hydrogen) atoms. The summed E-state index contributed by atoms with van der Waals surface area (Å²) in [6.45, 7) is 3.19. The standard InChI is InChI=1S/C17H22N4O3S/c1-20(25(22,23)15-2-3-15)8-12-9-21(10-12)17-13(7-18)6-14-11-24-5-4-16(14)19-17/h6,12,15H,2-5,8-11H2,1H3. The van der Waals surface area contributed by atoms with Crippen LogP contribution in [0.3, 0.4) is 0 Å². The third-order valence-corrected chi connectivity index (χ3v) is 7.52. The molecule has 1 aromatic heterocycles. The highest BCUT2D eigenvalue weighted by molar-refractivity contribution is 7.90. The van der Waals surface area contributed by atoms with Crippen molar-refractivity contribution < 1.29 is 13.2 Å². The number of hydrogen-bond donors (Lipinski definition) is 0. The van der Waals surface area contributed by atoms with Crippen molar-refractivity contribution in [1.82, 2.24) is 9.29 Å². The van der Waals surface area contributed by atoms with E-state index < -0.39 is 10.0 Å². The fourth-order valence-corrected chi connectivity index (χ4v) is 5.20. The number of nitriles is 1. The first-order valence-corrected chi connectivity index (χ1v) is 10.2. The van der Waals surface area contributed by atoms with Crippen molar-refractivity contribution in [2.75, 3.05) is 38.2 Å². The minimum absolute atomic E-state index is 0.164. The lowest BCUT2D eigenvalue weighted by Gasteiger charge is -2.42. The Morgan fingerprint density at radius 2 is 2.20 bits per heavy atom. The normalized spacial score (nSPS) is 20.9. The van der Waals surface area contributed by atoms with Gasteiger partial charge in [-0.25, -0.2) is 17.7 Å². The largest absolute Gasteiger partial charge is 0.376 e. The summed E-state index contributed by atoms with van der Waals surface area (Å²) in [4.78, 5) is 6.78. The number of ether oxygens (including phenoxy) is 1. The lowest BCUT2D eigenvalue weighted by atomic mass is 9.98. The molecule has 0 amide bonds. The van der Waals surface area contributed by atoms with Crippen molar-refractivity contribution in [3.05, 3.63) is 22.9 Å². The van der Waals surface area contributed by atoms with Crippen molar-refractivity contribution >= 4 is 15.8 Å². The topological polar surface area (TPSA) is 86.5 Å². The third-order valence-electron chi connectivity index (χ3n) is 5.18. The summed E-state index contributed by atoms with van der Waals surface area (Å²) in [6.07, 6.45) is 2.35. The fourth-order valence-electron chi connectivity index (χ4n) is 3.54. The summed E-state index contributed by atoms with van der Waals surface area (Å²) in [7, 11) is -1.44. The molecule has 1 aliphatic carbocycles. The van der Waals surface area contributed by atoms with Gasteiger partial charge >= 0.3 is 0 Å². The molecule has 3 aliphatic rings. The molecule has 0 bridgehead atoms. The van der Waals surface area contributed by atoms with Gasteiger partial charge in [-0.3, -0.25) is 0 Å². The maximum atomic E-state index is 12.2. The monoisotopic (exact) mass is 362 g/mol. The minimum Gasteiger partial charge on any atom is -0.376 e. The zero-order valence-electron chi connectivity index (χ0n) is 14.3. The van der Waals surface area contributed by atoms with Gasteiger partial charge in [-0.1, -0.05) is 0 Å². The summed E-state index contributed by atoms with van der Waals surface area (Å²) in [5.41, 5.74) is 2.58. The number of anilines is 1. The van der Waals surface area contributed by atoms with Crippen molar-refractivity contribution in [3.63, 3.8) is 0 Å². The van der Waals surface area contributed by atoms with Crippen LogP contribution >= 0.6 is 0 Å². The van der Waals surface area contributed by atoms with Gasteiger partial charge in [0, 0.05) is 44.6 Å². The van der Waals surface area contributed by atoms with Crippen LogP contribution in [0.4, 0.5) is 5.82 Å². The van der Waals surface area contributed by atoms with Crippen LogP contribution in [0, 0.1) is 17.2 Å². The van der Waals surface area contributed by atoms with E-state index in [1.165, 1.54) is 4.31 Å². The lowest BCUT2D eigenvalue weighted by Crippen LogP contribution is -2.52. The van der Waals surface area contributed by atoms with Gasteiger partial charge in [0.05, 0.1) is 29.7 Å². The molecular weight excluding hydrogens is 340 g/mol. The molecule has 1 saturated carbocycles. The second-order valence-corrected chi connectivity index (χ2v) is 9.50. The molecule has 8 heteroatoms. The number of aromatic nitrogens is 1. The molecule has 4 rings (SSSR count). The molecular formula is C17H22N4O3S. The van der Waals surface area contributed by atoms with Gasteiger partial charge in [0.15, 0.2) is 0 Å². The second kappa shape index (κ2) is 6.24. The number of rotatable bonds is 5. The predicted octanol–water partition coefficient (Wildman–Crippen LogP) is 0.886. The quantitative estimate of drug-likeness (QED) is 0.773. The Balaban J connectivity index is 1.43. The highest BCUT2D eigenvalue weighted by Crippen LogP contribution is 2.33. The van der Waals surface area contributed by atoms with E-state index in [1.807, 2.05) is 6.07 Å². The van der Waals surface area contributed by atoms with Gasteiger partial charge in [-0.2, -0.15) is 5.26 Å². The van der Waals surface area contributed by atoms with Crippen LogP contribution in [0.1, 0.15) is 29.7 Å². The Morgan fingerprint density at radius 1 is 1.44 bits per heavy atom. The Bertz CT molecular complexity index is 823. The SMILES string of the molecule is CN(CC1CN(c2nc3c(cc2C#N)COCC3)C1)S(=O)(=O)C1CC1. The van der Waals surface area contributed by atoms with E-state index in [0.717, 1.165) is 49.4 Å². The number of hydrogen-bond acceptors (Lipinski definition) is 6. The van der Waals surface area contributed by atoms with E-state index in [9.17, 15) is 13.7 Å². The first-order valence-electron chi connectivity index (χ1n) is 8.69. The number of sulfonamides is 1. The second-order valence-electron chi connectivity index (χ2n) is 7.18. The van der Waals surface area contributed by atoms with E-state index in [4.69, 9.17) is 9.72 Å². The zero-order valence-corrected chi connectivity index (χ0v) is 15.1. The van der Waals surface area contributed by atoms with Gasteiger partial charge in [0.1, 0.15) is 11.9 Å². The Morgan fingerprint density at radius 3 is 2.88 bits per heavy atom. The number of fused-ring (bicyclic) bond motifs is 1. The maximum Gasteiger partial charge on any atom is 0.216 e. The Kier molecular flexibility index (Phi) is 4.18. The maximum absolute atomic E-state index is 12.2. The summed E-state index contributed by atoms with van der Waals surface area (Å²) in [5, 5.41) is 9.27. The smallest absolute Gasteiger partial charge is 0.216 e. The molecule has 0 N–H and O–H groups in total. The van der Waals surface area contributed by atoms with Gasteiger partial charge in [-0.15, -0.1) is 0 Å². The van der Waals surface area contributed by atoms with E-state index in [2.05, 4.69) is 11.0 Å². The summed E-state index contributed by atoms with van der Waals surface area (Å²) >= 11 is 0. The molecule has 134 valence electrons. The first kappa shape index (κ1) is 16.8. The average Bonchev–Trinajstić information content (AvgIpc) is 3.41. The van der Waals surface area contributed by atoms with Crippen LogP contribution in [-0.2, 0) is 27.8 Å². The number of pyridine rings is 1. The van der Waals surface area contributed by atoms with Crippen LogP contribution < -0.4 is 4.90 Å². The van der Waals surface area contributed by atoms with Crippen molar-refractivity contribution in [2.24, 2.45) is 5.92 Å². The summed E-state index contributed by atoms with van der Waals surface area (Å²) in [5.74, 6) is 1.01. The fraction of sp³-hybridized carbons (Fsp3) is 0.647. The van der Waals surface area contributed by atoms with Crippen molar-refractivity contribution in [1.29, 1.82) is 5.26 Å². The van der Waals surface area contributed by atoms with Crippen molar-refractivity contribution in [3.8, 4) is 6.07 Å². The summed E-state index contributed by atoms with van der Waals surface area (Å²) < 4.78 is 31.4. The Labute approximate surface area is 148 Å². The van der Waals surface area contributed by atoms with Gasteiger partial charge < -0.3 is 9.64 Å².